The van der Waals surface area contributed by atoms with Gasteiger partial charge in [-0.15, -0.1) is 0 Å². The van der Waals surface area contributed by atoms with E-state index in [-0.39, 0.29) is 59.6 Å². The number of aromatic nitrogens is 15. The van der Waals surface area contributed by atoms with Gasteiger partial charge in [0.05, 0.1) is 42.6 Å². The zero-order valence-electron chi connectivity index (χ0n) is 88.9. The predicted molar refractivity (Wildman–Crippen MR) is 556 cm³/mol. The quantitative estimate of drug-likeness (QED) is 0.119. The number of fused-ring (bicyclic) bond motifs is 1. The number of nitrogens with zero attached hydrogens (tertiary/aromatic N) is 17. The first-order chi connectivity index (χ1) is 60.7. The topological polar surface area (TPSA) is 230 Å². The number of morpholine rings is 1. The second-order valence-corrected chi connectivity index (χ2v) is 45.5. The molecule has 0 unspecified atom stereocenters. The van der Waals surface area contributed by atoms with Crippen LogP contribution in [0, 0.1) is 24.5 Å². The number of para-hydroxylation sites is 1. The standard InChI is InChI=1S/C13H20N2O.C12H16N2.2C10H15N.C10H14.C9H13NO.C9H13N.C8H15N2.3C8H12N2.C7H12N2/c1-13(2,3)11-4-5-12(14-10-11)15-6-8-16-9-7-15;1-12(2,3)11-9-7-5-6-8-10(9)14(4)13-11;1-8-5-6-11-7-9(8)10(2,3)4;1-8-6-5-7-9(11-8)10(2,3)4;1-10(2,3)9-7-5-4-6-8-9;1-9(2,3)8-6-4-5-7-10(8)11;1-9(2,3)8-6-4-5-7-10-8;1-8(2,3)7-9-5-6-10(7)4;1-8(2,3)7-6-9-4-5-10-7;1-8(2,3)7-4-5-9-6-10-7;1-8(2,3)7-9-5-4-6-10-7;1-7(2,3)6-4-5-8-9-6/h4-5,10H,6-9H2,1-3H3;5-8H,1-4H3;2*5-7H,1-4H3;4-8H,1-3H3;4-7H,1-3H3;4-7H,1-3H3;6H,5H2,1-4H3;3*4-6H,1-3H3;4-5H,1-3H3,(H,8,9)/q;;;;;;;+1;;;;. The van der Waals surface area contributed by atoms with Gasteiger partial charge in [0.1, 0.15) is 24.2 Å². The largest absolute Gasteiger partial charge is 0.618 e. The zero-order chi connectivity index (χ0) is 100. The molecule has 20 heteroatoms. The van der Waals surface area contributed by atoms with Gasteiger partial charge in [-0.2, -0.15) is 14.9 Å². The van der Waals surface area contributed by atoms with Crippen LogP contribution in [0.3, 0.4) is 0 Å². The van der Waals surface area contributed by atoms with Crippen molar-refractivity contribution in [2.75, 3.05) is 44.8 Å². The molecular formula is C112H169N18O2+. The molecule has 0 amide bonds. The number of ether oxygens (including phenoxy) is 1. The van der Waals surface area contributed by atoms with Crippen LogP contribution >= 0.6 is 0 Å². The second-order valence-electron chi connectivity index (χ2n) is 45.5. The van der Waals surface area contributed by atoms with E-state index in [2.05, 4.69) is 419 Å². The fraction of sp³-hybridized carbons (Fsp3) is 0.509. The Kier molecular flexibility index (Phi) is 44.8. The number of aryl methyl sites for hydroxylation is 3. The van der Waals surface area contributed by atoms with Crippen molar-refractivity contribution in [1.82, 2.24) is 69.8 Å². The van der Waals surface area contributed by atoms with Crippen molar-refractivity contribution in [2.45, 2.75) is 323 Å². The predicted octanol–water partition coefficient (Wildman–Crippen LogP) is 25.6. The minimum atomic E-state index is -0.0665. The minimum Gasteiger partial charge on any atom is -0.618 e. The van der Waals surface area contributed by atoms with Crippen molar-refractivity contribution in [1.29, 1.82) is 0 Å². The number of rotatable bonds is 1. The lowest BCUT2D eigenvalue weighted by atomic mass is 9.86. The Morgan fingerprint density at radius 3 is 1.30 bits per heavy atom. The Labute approximate surface area is 798 Å². The zero-order valence-corrected chi connectivity index (χ0v) is 88.9. The summed E-state index contributed by atoms with van der Waals surface area (Å²) in [6.45, 7) is 86.2. The third kappa shape index (κ3) is 43.6. The monoisotopic (exact) mass is 1800 g/mol. The van der Waals surface area contributed by atoms with E-state index in [0.29, 0.717) is 5.41 Å². The van der Waals surface area contributed by atoms with Gasteiger partial charge in [-0.05, 0) is 140 Å². The van der Waals surface area contributed by atoms with E-state index < -0.39 is 0 Å². The molecule has 10 aromatic heterocycles. The van der Waals surface area contributed by atoms with Crippen LogP contribution in [0.5, 0.6) is 0 Å². The lowest BCUT2D eigenvalue weighted by molar-refractivity contribution is -0.617. The van der Waals surface area contributed by atoms with E-state index >= 15 is 0 Å². The molecular weight excluding hydrogens is 1630 g/mol. The Bertz CT molecular complexity index is 4910. The summed E-state index contributed by atoms with van der Waals surface area (Å²) in [5.74, 6) is 3.15. The highest BCUT2D eigenvalue weighted by atomic mass is 16.5. The summed E-state index contributed by atoms with van der Waals surface area (Å²) in [5.41, 5.74) is 17.1. The molecule has 14 rings (SSSR count). The first-order valence-electron chi connectivity index (χ1n) is 46.4. The molecule has 0 atom stereocenters. The van der Waals surface area contributed by atoms with E-state index in [4.69, 9.17) is 4.74 Å². The molecule has 2 aliphatic rings. The van der Waals surface area contributed by atoms with E-state index in [1.807, 2.05) is 113 Å². The number of nitrogens with one attached hydrogen (secondary N) is 1. The summed E-state index contributed by atoms with van der Waals surface area (Å²) in [6, 6.07) is 48.7. The number of hydrogen-bond acceptors (Lipinski definition) is 16. The summed E-state index contributed by atoms with van der Waals surface area (Å²) in [5, 5.41) is 23.8. The van der Waals surface area contributed by atoms with Crippen molar-refractivity contribution in [3.63, 3.8) is 0 Å². The Morgan fingerprint density at radius 1 is 0.394 bits per heavy atom. The summed E-state index contributed by atoms with van der Waals surface area (Å²) >= 11 is 0. The van der Waals surface area contributed by atoms with Gasteiger partial charge in [0, 0.05) is 178 Å². The molecule has 1 saturated heterocycles. The van der Waals surface area contributed by atoms with Crippen LogP contribution in [0.1, 0.15) is 323 Å². The number of anilines is 1. The molecule has 20 nitrogen and oxygen atoms in total. The van der Waals surface area contributed by atoms with Crippen LogP contribution in [0.2, 0.25) is 0 Å². The van der Waals surface area contributed by atoms with Gasteiger partial charge in [-0.3, -0.25) is 34.7 Å². The number of H-pyrrole nitrogens is 1. The van der Waals surface area contributed by atoms with Crippen molar-refractivity contribution >= 4 is 28.8 Å². The SMILES string of the molecule is CC(C)(C)c1ccc(N2CCOCC2)nc1.CC(C)(C)c1cccc[n+]1[O-].CC(C)(C)c1ccccc1.CC(C)(C)c1ccccn1.CC(C)(C)c1ccn[nH]1.CC(C)(C)c1ccncn1.CC(C)(C)c1cnccn1.CC(C)(C)c1ncccn1.C[N+]1=CCN=C1C(C)(C)C.Cc1cccc(C(C)(C)C)n1.Cc1ccncc1C(C)(C)C.Cn1nc(C(C)(C)C)c2ccccc21. The Hall–Kier alpha value is -11.0. The normalized spacial score (nSPS) is 12.9. The van der Waals surface area contributed by atoms with Crippen LogP contribution in [-0.4, -0.2) is 126 Å². The van der Waals surface area contributed by atoms with Gasteiger partial charge in [-0.1, -0.05) is 300 Å². The number of benzene rings is 2. The van der Waals surface area contributed by atoms with Gasteiger partial charge >= 0.3 is 0 Å². The fourth-order valence-corrected chi connectivity index (χ4v) is 12.5. The molecule has 12 aromatic rings. The molecule has 132 heavy (non-hydrogen) atoms. The maximum atomic E-state index is 11.2. The number of aromatic amines is 1. The molecule has 0 bridgehead atoms. The van der Waals surface area contributed by atoms with Gasteiger partial charge in [0.15, 0.2) is 18.4 Å². The molecule has 0 saturated carbocycles. The number of pyridine rings is 5. The molecule has 0 spiro atoms. The number of aliphatic imine (C=N–C) groups is 1. The van der Waals surface area contributed by atoms with Gasteiger partial charge in [0.25, 0.3) is 5.84 Å². The van der Waals surface area contributed by atoms with E-state index in [1.165, 1.54) is 56.6 Å². The highest BCUT2D eigenvalue weighted by molar-refractivity contribution is 5.86. The van der Waals surface area contributed by atoms with Crippen LogP contribution in [0.15, 0.2) is 231 Å². The van der Waals surface area contributed by atoms with Crippen LogP contribution in [-0.2, 0) is 71.3 Å². The van der Waals surface area contributed by atoms with Gasteiger partial charge < -0.3 is 14.8 Å². The van der Waals surface area contributed by atoms with Crippen LogP contribution in [0.25, 0.3) is 10.9 Å². The molecule has 2 aromatic carbocycles. The first-order valence-corrected chi connectivity index (χ1v) is 46.4. The maximum absolute atomic E-state index is 11.2. The Morgan fingerprint density at radius 2 is 0.932 bits per heavy atom. The maximum Gasteiger partial charge on any atom is 0.297 e. The van der Waals surface area contributed by atoms with E-state index in [1.54, 1.807) is 55.8 Å². The summed E-state index contributed by atoms with van der Waals surface area (Å²) in [6.07, 6.45) is 25.1. The second kappa shape index (κ2) is 51.3. The van der Waals surface area contributed by atoms with E-state index in [9.17, 15) is 5.21 Å². The van der Waals surface area contributed by atoms with E-state index in [0.717, 1.165) is 83.4 Å². The van der Waals surface area contributed by atoms with Gasteiger partial charge in [0.2, 0.25) is 0 Å². The van der Waals surface area contributed by atoms with Crippen molar-refractivity contribution in [3.8, 4) is 0 Å². The minimum absolute atomic E-state index is 0.0665. The third-order valence-corrected chi connectivity index (χ3v) is 20.4. The number of amidine groups is 1. The average Bonchev–Trinajstić information content (AvgIpc) is 1.63. The van der Waals surface area contributed by atoms with Crippen molar-refractivity contribution in [3.05, 3.63) is 305 Å². The smallest absolute Gasteiger partial charge is 0.297 e. The molecule has 718 valence electrons. The van der Waals surface area contributed by atoms with Crippen molar-refractivity contribution < 1.29 is 14.0 Å². The summed E-state index contributed by atoms with van der Waals surface area (Å²) in [4.78, 5) is 48.4. The van der Waals surface area contributed by atoms with Gasteiger partial charge in [-0.25, -0.2) is 29.5 Å². The fourth-order valence-electron chi connectivity index (χ4n) is 12.5. The molecule has 0 radical (unpaired) electrons. The summed E-state index contributed by atoms with van der Waals surface area (Å²) < 4.78 is 10.3. The summed E-state index contributed by atoms with van der Waals surface area (Å²) in [7, 11) is 4.05. The molecule has 1 fully saturated rings. The molecule has 12 heterocycles. The first kappa shape index (κ1) is 115. The molecule has 0 aliphatic carbocycles. The average molecular weight is 1800 g/mol. The lowest BCUT2D eigenvalue weighted by Gasteiger charge is -2.28. The third-order valence-electron chi connectivity index (χ3n) is 20.4. The molecule has 1 N–H and O–H groups in total. The van der Waals surface area contributed by atoms with Crippen molar-refractivity contribution in [2.24, 2.45) is 17.5 Å². The lowest BCUT2D eigenvalue weighted by Crippen LogP contribution is -2.37. The van der Waals surface area contributed by atoms with Crippen LogP contribution in [0.4, 0.5) is 5.82 Å². The number of hydrogen-bond donors (Lipinski definition) is 1. The highest BCUT2D eigenvalue weighted by Gasteiger charge is 2.31. The highest BCUT2D eigenvalue weighted by Crippen LogP contribution is 2.31. The molecule has 2 aliphatic heterocycles. The van der Waals surface area contributed by atoms with Crippen LogP contribution < -0.4 is 9.63 Å². The Balaban J connectivity index is 0.000000372.